The summed E-state index contributed by atoms with van der Waals surface area (Å²) >= 11 is 0. The van der Waals surface area contributed by atoms with E-state index < -0.39 is 29.0 Å². The summed E-state index contributed by atoms with van der Waals surface area (Å²) < 4.78 is 39.6. The van der Waals surface area contributed by atoms with Crippen molar-refractivity contribution in [3.63, 3.8) is 0 Å². The zero-order valence-corrected chi connectivity index (χ0v) is 10.9. The zero-order valence-electron chi connectivity index (χ0n) is 10.9. The Balaban J connectivity index is 1.97. The number of aromatic carboxylic acids is 1. The lowest BCUT2D eigenvalue weighted by Gasteiger charge is -2.07. The summed E-state index contributed by atoms with van der Waals surface area (Å²) in [5.74, 6) is -3.47. The quantitative estimate of drug-likeness (QED) is 0.891. The third kappa shape index (κ3) is 3.82. The molecule has 2 rings (SSSR count). The molecule has 110 valence electrons. The molecule has 0 bridgehead atoms. The Morgan fingerprint density at radius 1 is 1.00 bits per heavy atom. The van der Waals surface area contributed by atoms with Gasteiger partial charge in [0.2, 0.25) is 0 Å². The second kappa shape index (κ2) is 6.41. The lowest BCUT2D eigenvalue weighted by Crippen LogP contribution is -2.14. The Morgan fingerprint density at radius 2 is 1.76 bits per heavy atom. The molecular weight excluding hydrogens is 283 g/mol. The molecule has 6 heteroatoms. The predicted molar refractivity (Wildman–Crippen MR) is 70.3 cm³/mol. The number of rotatable bonds is 5. The monoisotopic (exact) mass is 295 g/mol. The van der Waals surface area contributed by atoms with Gasteiger partial charge >= 0.3 is 5.97 Å². The van der Waals surface area contributed by atoms with Crippen LogP contribution in [0.4, 0.5) is 13.2 Å². The maximum atomic E-state index is 13.4. The van der Waals surface area contributed by atoms with Crippen molar-refractivity contribution in [1.29, 1.82) is 0 Å². The maximum absolute atomic E-state index is 13.4. The fourth-order valence-corrected chi connectivity index (χ4v) is 1.85. The standard InChI is InChI=1S/C15H12F3NO2/c16-11-3-2-10(13(17)6-11)8-19-7-9-1-4-12(15(20)21)14(18)5-9/h1-6,19H,7-8H2,(H,20,21). The SMILES string of the molecule is O=C(O)c1ccc(CNCc2ccc(F)cc2F)cc1F. The Morgan fingerprint density at radius 3 is 2.38 bits per heavy atom. The Labute approximate surface area is 119 Å². The molecule has 0 atom stereocenters. The second-order valence-electron chi connectivity index (χ2n) is 4.46. The molecule has 0 radical (unpaired) electrons. The number of carboxylic acid groups (broad SMARTS) is 1. The van der Waals surface area contributed by atoms with E-state index in [9.17, 15) is 18.0 Å². The van der Waals surface area contributed by atoms with Crippen molar-refractivity contribution in [3.8, 4) is 0 Å². The molecule has 0 aliphatic carbocycles. The van der Waals surface area contributed by atoms with Crippen molar-refractivity contribution in [1.82, 2.24) is 5.32 Å². The van der Waals surface area contributed by atoms with E-state index >= 15 is 0 Å². The third-order valence-corrected chi connectivity index (χ3v) is 2.92. The highest BCUT2D eigenvalue weighted by molar-refractivity contribution is 5.87. The summed E-state index contributed by atoms with van der Waals surface area (Å²) in [5.41, 5.74) is 0.419. The molecule has 0 amide bonds. The smallest absolute Gasteiger partial charge is 0.338 e. The van der Waals surface area contributed by atoms with Gasteiger partial charge in [-0.1, -0.05) is 12.1 Å². The molecule has 0 heterocycles. The lowest BCUT2D eigenvalue weighted by molar-refractivity contribution is 0.0692. The van der Waals surface area contributed by atoms with Crippen molar-refractivity contribution >= 4 is 5.97 Å². The molecule has 0 fully saturated rings. The number of carbonyl (C=O) groups is 1. The molecule has 2 aromatic carbocycles. The van der Waals surface area contributed by atoms with Gasteiger partial charge in [-0.3, -0.25) is 0 Å². The van der Waals surface area contributed by atoms with Crippen LogP contribution in [-0.4, -0.2) is 11.1 Å². The molecule has 0 saturated carbocycles. The van der Waals surface area contributed by atoms with Crippen LogP contribution < -0.4 is 5.32 Å². The van der Waals surface area contributed by atoms with Crippen LogP contribution in [0.25, 0.3) is 0 Å². The van der Waals surface area contributed by atoms with E-state index in [0.717, 1.165) is 18.2 Å². The highest BCUT2D eigenvalue weighted by Gasteiger charge is 2.10. The predicted octanol–water partition coefficient (Wildman–Crippen LogP) is 3.09. The minimum absolute atomic E-state index is 0.147. The van der Waals surface area contributed by atoms with Crippen LogP contribution in [0.3, 0.4) is 0 Å². The summed E-state index contributed by atoms with van der Waals surface area (Å²) in [4.78, 5) is 10.7. The van der Waals surface area contributed by atoms with E-state index in [-0.39, 0.29) is 13.1 Å². The molecule has 0 aliphatic heterocycles. The van der Waals surface area contributed by atoms with Gasteiger partial charge in [-0.25, -0.2) is 18.0 Å². The van der Waals surface area contributed by atoms with Gasteiger partial charge in [-0.15, -0.1) is 0 Å². The average Bonchev–Trinajstić information content (AvgIpc) is 2.41. The minimum Gasteiger partial charge on any atom is -0.478 e. The number of carboxylic acids is 1. The van der Waals surface area contributed by atoms with Crippen LogP contribution >= 0.6 is 0 Å². The largest absolute Gasteiger partial charge is 0.478 e. The third-order valence-electron chi connectivity index (χ3n) is 2.92. The van der Waals surface area contributed by atoms with Crippen molar-refractivity contribution in [2.45, 2.75) is 13.1 Å². The minimum atomic E-state index is -1.33. The molecule has 0 aromatic heterocycles. The molecule has 0 unspecified atom stereocenters. The van der Waals surface area contributed by atoms with Gasteiger partial charge in [0.15, 0.2) is 0 Å². The topological polar surface area (TPSA) is 49.3 Å². The van der Waals surface area contributed by atoms with Gasteiger partial charge in [0, 0.05) is 24.7 Å². The van der Waals surface area contributed by atoms with Crippen LogP contribution in [0.15, 0.2) is 36.4 Å². The number of benzene rings is 2. The van der Waals surface area contributed by atoms with Crippen LogP contribution in [0.2, 0.25) is 0 Å². The molecule has 0 saturated heterocycles. The van der Waals surface area contributed by atoms with Gasteiger partial charge in [0.05, 0.1) is 5.56 Å². The van der Waals surface area contributed by atoms with Gasteiger partial charge in [-0.05, 0) is 23.8 Å². The molecular formula is C15H12F3NO2. The van der Waals surface area contributed by atoms with E-state index in [0.29, 0.717) is 11.1 Å². The van der Waals surface area contributed by atoms with Gasteiger partial charge in [-0.2, -0.15) is 0 Å². The summed E-state index contributed by atoms with van der Waals surface area (Å²) in [7, 11) is 0. The number of halogens is 3. The fraction of sp³-hybridized carbons (Fsp3) is 0.133. The van der Waals surface area contributed by atoms with Crippen LogP contribution in [0.5, 0.6) is 0 Å². The van der Waals surface area contributed by atoms with Crippen molar-refractivity contribution in [3.05, 3.63) is 70.5 Å². The Bertz CT molecular complexity index is 674. The summed E-state index contributed by atoms with van der Waals surface area (Å²) in [6.45, 7) is 0.377. The fourth-order valence-electron chi connectivity index (χ4n) is 1.85. The van der Waals surface area contributed by atoms with E-state index in [1.54, 1.807) is 0 Å². The molecule has 0 spiro atoms. The van der Waals surface area contributed by atoms with E-state index in [2.05, 4.69) is 5.32 Å². The Kier molecular flexibility index (Phi) is 4.59. The first kappa shape index (κ1) is 15.1. The van der Waals surface area contributed by atoms with E-state index in [1.807, 2.05) is 0 Å². The van der Waals surface area contributed by atoms with Crippen LogP contribution in [-0.2, 0) is 13.1 Å². The second-order valence-corrected chi connectivity index (χ2v) is 4.46. The first-order chi connectivity index (χ1) is 9.97. The van der Waals surface area contributed by atoms with Gasteiger partial charge < -0.3 is 10.4 Å². The summed E-state index contributed by atoms with van der Waals surface area (Å²) in [5, 5.41) is 11.6. The highest BCUT2D eigenvalue weighted by Crippen LogP contribution is 2.12. The van der Waals surface area contributed by atoms with E-state index in [4.69, 9.17) is 5.11 Å². The number of hydrogen-bond donors (Lipinski definition) is 2. The normalized spacial score (nSPS) is 10.6. The van der Waals surface area contributed by atoms with Gasteiger partial charge in [0.25, 0.3) is 0 Å². The molecule has 0 aliphatic rings. The van der Waals surface area contributed by atoms with Crippen molar-refractivity contribution in [2.75, 3.05) is 0 Å². The first-order valence-electron chi connectivity index (χ1n) is 6.13. The number of hydrogen-bond acceptors (Lipinski definition) is 2. The van der Waals surface area contributed by atoms with Crippen molar-refractivity contribution < 1.29 is 23.1 Å². The molecule has 21 heavy (non-hydrogen) atoms. The number of nitrogens with one attached hydrogen (secondary N) is 1. The summed E-state index contributed by atoms with van der Waals surface area (Å²) in [6.07, 6.45) is 0. The van der Waals surface area contributed by atoms with Crippen LogP contribution in [0.1, 0.15) is 21.5 Å². The summed E-state index contributed by atoms with van der Waals surface area (Å²) in [6, 6.07) is 7.02. The van der Waals surface area contributed by atoms with Crippen molar-refractivity contribution in [2.24, 2.45) is 0 Å². The van der Waals surface area contributed by atoms with E-state index in [1.165, 1.54) is 18.2 Å². The van der Waals surface area contributed by atoms with Gasteiger partial charge in [0.1, 0.15) is 17.5 Å². The molecule has 2 N–H and O–H groups in total. The highest BCUT2D eigenvalue weighted by atomic mass is 19.1. The zero-order chi connectivity index (χ0) is 15.4. The Hall–Kier alpha value is -2.34. The lowest BCUT2D eigenvalue weighted by atomic mass is 10.1. The molecule has 2 aromatic rings. The first-order valence-corrected chi connectivity index (χ1v) is 6.13. The van der Waals surface area contributed by atoms with Crippen LogP contribution in [0, 0.1) is 17.5 Å². The molecule has 3 nitrogen and oxygen atoms in total. The average molecular weight is 295 g/mol. The maximum Gasteiger partial charge on any atom is 0.338 e.